The van der Waals surface area contributed by atoms with Gasteiger partial charge in [0.25, 0.3) is 0 Å². The molecule has 0 atom stereocenters. The lowest BCUT2D eigenvalue weighted by molar-refractivity contribution is 0.104. The lowest BCUT2D eigenvalue weighted by atomic mass is 10.1. The van der Waals surface area contributed by atoms with E-state index in [9.17, 15) is 4.79 Å². The maximum atomic E-state index is 12.4. The largest absolute Gasteiger partial charge is 0.490 e. The summed E-state index contributed by atoms with van der Waals surface area (Å²) < 4.78 is 11.2. The molecule has 1 aliphatic rings. The molecule has 4 heteroatoms. The van der Waals surface area contributed by atoms with Crippen LogP contribution < -0.4 is 9.47 Å². The van der Waals surface area contributed by atoms with Crippen molar-refractivity contribution in [3.63, 3.8) is 0 Å². The highest BCUT2D eigenvalue weighted by atomic mass is 32.2. The predicted molar refractivity (Wildman–Crippen MR) is 93.4 cm³/mol. The summed E-state index contributed by atoms with van der Waals surface area (Å²) in [6, 6.07) is 13.4. The van der Waals surface area contributed by atoms with Gasteiger partial charge in [0.1, 0.15) is 0 Å². The number of Topliss-reactive ketones (excluding diaryl/α,β-unsaturated/α-hetero) is 1. The lowest BCUT2D eigenvalue weighted by Crippen LogP contribution is -1.99. The topological polar surface area (TPSA) is 35.5 Å². The number of allylic oxidation sites excluding steroid dienone is 1. The molecule has 0 aliphatic carbocycles. The van der Waals surface area contributed by atoms with Crippen molar-refractivity contribution < 1.29 is 14.3 Å². The zero-order valence-corrected chi connectivity index (χ0v) is 14.0. The first-order valence-corrected chi connectivity index (χ1v) is 8.47. The normalized spacial score (nSPS) is 14.9. The molecule has 0 radical (unpaired) electrons. The number of benzene rings is 2. The van der Waals surface area contributed by atoms with Crippen LogP contribution in [-0.4, -0.2) is 19.0 Å². The molecule has 1 heterocycles. The molecule has 0 saturated carbocycles. The third-order valence-corrected chi connectivity index (χ3v) is 4.54. The van der Waals surface area contributed by atoms with E-state index >= 15 is 0 Å². The second kappa shape index (κ2) is 6.92. The van der Waals surface area contributed by atoms with Gasteiger partial charge in [-0.3, -0.25) is 4.79 Å². The molecule has 0 bridgehead atoms. The highest BCUT2D eigenvalue weighted by molar-refractivity contribution is 8.04. The van der Waals surface area contributed by atoms with Crippen molar-refractivity contribution in [2.75, 3.05) is 13.2 Å². The minimum Gasteiger partial charge on any atom is -0.490 e. The van der Waals surface area contributed by atoms with Gasteiger partial charge >= 0.3 is 0 Å². The Morgan fingerprint density at radius 1 is 1.00 bits per heavy atom. The predicted octanol–water partition coefficient (Wildman–Crippen LogP) is 4.81. The van der Waals surface area contributed by atoms with E-state index < -0.39 is 0 Å². The van der Waals surface area contributed by atoms with E-state index in [1.807, 2.05) is 62.4 Å². The van der Waals surface area contributed by atoms with Gasteiger partial charge in [-0.1, -0.05) is 30.0 Å². The zero-order valence-electron chi connectivity index (χ0n) is 13.2. The van der Waals surface area contributed by atoms with Gasteiger partial charge in [0.2, 0.25) is 5.78 Å². The smallest absolute Gasteiger partial charge is 0.200 e. The molecule has 2 aromatic rings. The first-order chi connectivity index (χ1) is 11.2. The molecule has 0 amide bonds. The second-order valence-corrected chi connectivity index (χ2v) is 6.09. The zero-order chi connectivity index (χ0) is 16.2. The molecule has 0 unspecified atom stereocenters. The molecule has 2 aromatic carbocycles. The van der Waals surface area contributed by atoms with E-state index in [2.05, 4.69) is 0 Å². The van der Waals surface area contributed by atoms with Crippen LogP contribution in [0, 0.1) is 0 Å². The summed E-state index contributed by atoms with van der Waals surface area (Å²) in [4.78, 5) is 14.2. The molecule has 3 nitrogen and oxygen atoms in total. The van der Waals surface area contributed by atoms with Gasteiger partial charge < -0.3 is 9.47 Å². The van der Waals surface area contributed by atoms with Crippen LogP contribution in [0.2, 0.25) is 0 Å². The number of rotatable bonds is 5. The molecule has 0 spiro atoms. The van der Waals surface area contributed by atoms with Crippen molar-refractivity contribution in [2.24, 2.45) is 0 Å². The summed E-state index contributed by atoms with van der Waals surface area (Å²) in [5.41, 5.74) is 1.71. The Morgan fingerprint density at radius 2 is 1.74 bits per heavy atom. The van der Waals surface area contributed by atoms with E-state index in [4.69, 9.17) is 9.47 Å². The van der Waals surface area contributed by atoms with Gasteiger partial charge in [-0.25, -0.2) is 0 Å². The average Bonchev–Trinajstić information content (AvgIpc) is 2.87. The fourth-order valence-corrected chi connectivity index (χ4v) is 3.50. The summed E-state index contributed by atoms with van der Waals surface area (Å²) in [6.07, 6.45) is 1.91. The molecule has 0 fully saturated rings. The number of fused-ring (bicyclic) bond motifs is 1. The maximum absolute atomic E-state index is 12.4. The molecular weight excluding hydrogens is 308 g/mol. The SMILES string of the molecule is CCOc1ccc(C=C2Sc3ccccc3C2=O)cc1OCC. The third-order valence-electron chi connectivity index (χ3n) is 3.44. The van der Waals surface area contributed by atoms with Crippen molar-refractivity contribution in [2.45, 2.75) is 18.7 Å². The number of carbonyl (C=O) groups is 1. The van der Waals surface area contributed by atoms with Crippen LogP contribution in [0.1, 0.15) is 29.8 Å². The number of thioether (sulfide) groups is 1. The van der Waals surface area contributed by atoms with E-state index in [0.717, 1.165) is 26.7 Å². The molecular formula is C19H18O3S. The van der Waals surface area contributed by atoms with Crippen LogP contribution in [0.5, 0.6) is 11.5 Å². The second-order valence-electron chi connectivity index (χ2n) is 5.01. The van der Waals surface area contributed by atoms with E-state index in [-0.39, 0.29) is 5.78 Å². The van der Waals surface area contributed by atoms with Crippen LogP contribution >= 0.6 is 11.8 Å². The van der Waals surface area contributed by atoms with E-state index in [1.165, 1.54) is 11.8 Å². The number of ketones is 1. The summed E-state index contributed by atoms with van der Waals surface area (Å²) in [6.45, 7) is 5.04. The van der Waals surface area contributed by atoms with Gasteiger partial charge in [-0.15, -0.1) is 0 Å². The molecule has 3 rings (SSSR count). The van der Waals surface area contributed by atoms with Crippen LogP contribution in [0.25, 0.3) is 6.08 Å². The Kier molecular flexibility index (Phi) is 4.72. The fraction of sp³-hybridized carbons (Fsp3) is 0.211. The molecule has 0 N–H and O–H groups in total. The van der Waals surface area contributed by atoms with Crippen molar-refractivity contribution >= 4 is 23.6 Å². The number of hydrogen-bond acceptors (Lipinski definition) is 4. The Balaban J connectivity index is 1.91. The Labute approximate surface area is 140 Å². The summed E-state index contributed by atoms with van der Waals surface area (Å²) in [5, 5.41) is 0. The van der Waals surface area contributed by atoms with Crippen LogP contribution in [-0.2, 0) is 0 Å². The summed E-state index contributed by atoms with van der Waals surface area (Å²) in [7, 11) is 0. The first-order valence-electron chi connectivity index (χ1n) is 7.65. The quantitative estimate of drug-likeness (QED) is 0.738. The maximum Gasteiger partial charge on any atom is 0.200 e. The minimum absolute atomic E-state index is 0.0810. The Bertz CT molecular complexity index is 765. The fourth-order valence-electron chi connectivity index (χ4n) is 2.44. The molecule has 118 valence electrons. The highest BCUT2D eigenvalue weighted by Crippen LogP contribution is 2.41. The van der Waals surface area contributed by atoms with Gasteiger partial charge in [-0.05, 0) is 49.8 Å². The lowest BCUT2D eigenvalue weighted by Gasteiger charge is -2.11. The highest BCUT2D eigenvalue weighted by Gasteiger charge is 2.25. The molecule has 23 heavy (non-hydrogen) atoms. The number of ether oxygens (including phenoxy) is 2. The van der Waals surface area contributed by atoms with Crippen molar-refractivity contribution in [3.05, 3.63) is 58.5 Å². The molecule has 0 aromatic heterocycles. The van der Waals surface area contributed by atoms with Crippen molar-refractivity contribution in [1.29, 1.82) is 0 Å². The van der Waals surface area contributed by atoms with E-state index in [1.54, 1.807) is 0 Å². The average molecular weight is 326 g/mol. The summed E-state index contributed by atoms with van der Waals surface area (Å²) >= 11 is 1.51. The number of carbonyl (C=O) groups excluding carboxylic acids is 1. The van der Waals surface area contributed by atoms with Gasteiger partial charge in [0, 0.05) is 10.5 Å². The number of hydrogen-bond donors (Lipinski definition) is 0. The Morgan fingerprint density at radius 3 is 2.48 bits per heavy atom. The Hall–Kier alpha value is -2.20. The van der Waals surface area contributed by atoms with Gasteiger partial charge in [0.15, 0.2) is 11.5 Å². The van der Waals surface area contributed by atoms with Crippen LogP contribution in [0.3, 0.4) is 0 Å². The first kappa shape index (κ1) is 15.7. The van der Waals surface area contributed by atoms with Crippen molar-refractivity contribution in [3.8, 4) is 11.5 Å². The standard InChI is InChI=1S/C19H18O3S/c1-3-21-15-10-9-13(11-16(15)22-4-2)12-18-19(20)14-7-5-6-8-17(14)23-18/h5-12H,3-4H2,1-2H3. The van der Waals surface area contributed by atoms with Gasteiger partial charge in [-0.2, -0.15) is 0 Å². The van der Waals surface area contributed by atoms with Gasteiger partial charge in [0.05, 0.1) is 18.1 Å². The van der Waals surface area contributed by atoms with E-state index in [0.29, 0.717) is 19.0 Å². The minimum atomic E-state index is 0.0810. The monoisotopic (exact) mass is 326 g/mol. The molecule has 1 aliphatic heterocycles. The summed E-state index contributed by atoms with van der Waals surface area (Å²) in [5.74, 6) is 1.51. The van der Waals surface area contributed by atoms with Crippen LogP contribution in [0.15, 0.2) is 52.3 Å². The van der Waals surface area contributed by atoms with Crippen molar-refractivity contribution in [1.82, 2.24) is 0 Å². The third kappa shape index (κ3) is 3.27. The molecule has 0 saturated heterocycles. The van der Waals surface area contributed by atoms with Crippen LogP contribution in [0.4, 0.5) is 0 Å².